The predicted molar refractivity (Wildman–Crippen MR) is 78.2 cm³/mol. The fourth-order valence-corrected chi connectivity index (χ4v) is 1.82. The van der Waals surface area contributed by atoms with Gasteiger partial charge in [0.05, 0.1) is 0 Å². The van der Waals surface area contributed by atoms with Gasteiger partial charge >= 0.3 is 0 Å². The van der Waals surface area contributed by atoms with E-state index in [-0.39, 0.29) is 5.91 Å². The number of anilines is 1. The number of hydrogen-bond donors (Lipinski definition) is 2. The van der Waals surface area contributed by atoms with E-state index in [1.54, 1.807) is 12.1 Å². The molecule has 0 unspecified atom stereocenters. The van der Waals surface area contributed by atoms with Gasteiger partial charge < -0.3 is 10.6 Å². The molecule has 0 radical (unpaired) electrons. The van der Waals surface area contributed by atoms with Gasteiger partial charge in [-0.2, -0.15) is 0 Å². The highest BCUT2D eigenvalue weighted by Crippen LogP contribution is 2.12. The largest absolute Gasteiger partial charge is 0.322 e. The molecule has 0 saturated carbocycles. The molecule has 1 amide bonds. The third-order valence-electron chi connectivity index (χ3n) is 2.80. The van der Waals surface area contributed by atoms with E-state index >= 15 is 0 Å². The van der Waals surface area contributed by atoms with Gasteiger partial charge in [0.2, 0.25) is 0 Å². The van der Waals surface area contributed by atoms with Crippen molar-refractivity contribution in [2.24, 2.45) is 0 Å². The number of rotatable bonds is 5. The lowest BCUT2D eigenvalue weighted by molar-refractivity contribution is 0.102. The summed E-state index contributed by atoms with van der Waals surface area (Å²) in [6, 6.07) is 17.1. The minimum Gasteiger partial charge on any atom is -0.322 e. The molecule has 0 bridgehead atoms. The Morgan fingerprint density at radius 2 is 1.84 bits per heavy atom. The van der Waals surface area contributed by atoms with Gasteiger partial charge in [-0.1, -0.05) is 37.3 Å². The molecule has 0 aliphatic rings. The molecule has 0 saturated heterocycles. The molecule has 98 valence electrons. The Morgan fingerprint density at radius 3 is 2.58 bits per heavy atom. The Labute approximate surface area is 113 Å². The molecule has 0 aliphatic heterocycles. The van der Waals surface area contributed by atoms with Crippen molar-refractivity contribution in [2.75, 3.05) is 11.9 Å². The summed E-state index contributed by atoms with van der Waals surface area (Å²) < 4.78 is 0. The van der Waals surface area contributed by atoms with Crippen molar-refractivity contribution in [1.29, 1.82) is 0 Å². The van der Waals surface area contributed by atoms with Crippen molar-refractivity contribution in [1.82, 2.24) is 5.32 Å². The maximum Gasteiger partial charge on any atom is 0.255 e. The predicted octanol–water partition coefficient (Wildman–Crippen LogP) is 3.05. The average Bonchev–Trinajstić information content (AvgIpc) is 2.46. The molecule has 2 rings (SSSR count). The second-order valence-corrected chi connectivity index (χ2v) is 4.30. The molecule has 3 heteroatoms. The molecule has 0 spiro atoms. The zero-order chi connectivity index (χ0) is 13.5. The summed E-state index contributed by atoms with van der Waals surface area (Å²) >= 11 is 0. The van der Waals surface area contributed by atoms with E-state index in [1.165, 1.54) is 0 Å². The number of carbonyl (C=O) groups excluding carboxylic acids is 1. The van der Waals surface area contributed by atoms with Gasteiger partial charge in [-0.25, -0.2) is 0 Å². The van der Waals surface area contributed by atoms with Crippen molar-refractivity contribution in [3.63, 3.8) is 0 Å². The van der Waals surface area contributed by atoms with E-state index in [9.17, 15) is 4.79 Å². The van der Waals surface area contributed by atoms with E-state index in [0.29, 0.717) is 5.56 Å². The van der Waals surface area contributed by atoms with Crippen LogP contribution in [0, 0.1) is 0 Å². The van der Waals surface area contributed by atoms with Crippen LogP contribution in [-0.2, 0) is 6.54 Å². The van der Waals surface area contributed by atoms with Gasteiger partial charge in [0, 0.05) is 17.8 Å². The maximum atomic E-state index is 12.0. The second-order valence-electron chi connectivity index (χ2n) is 4.30. The van der Waals surface area contributed by atoms with Crippen LogP contribution in [0.2, 0.25) is 0 Å². The maximum absolute atomic E-state index is 12.0. The van der Waals surface area contributed by atoms with Crippen molar-refractivity contribution in [2.45, 2.75) is 13.5 Å². The fourth-order valence-electron chi connectivity index (χ4n) is 1.82. The highest BCUT2D eigenvalue weighted by molar-refractivity contribution is 6.04. The average molecular weight is 254 g/mol. The van der Waals surface area contributed by atoms with Crippen LogP contribution in [0.1, 0.15) is 22.8 Å². The lowest BCUT2D eigenvalue weighted by Crippen LogP contribution is -2.14. The summed E-state index contributed by atoms with van der Waals surface area (Å²) in [5.41, 5.74) is 2.65. The van der Waals surface area contributed by atoms with Crippen molar-refractivity contribution >= 4 is 11.6 Å². The minimum absolute atomic E-state index is 0.0822. The van der Waals surface area contributed by atoms with Crippen LogP contribution in [-0.4, -0.2) is 12.5 Å². The van der Waals surface area contributed by atoms with Crippen LogP contribution in [0.3, 0.4) is 0 Å². The number of hydrogen-bond acceptors (Lipinski definition) is 2. The van der Waals surface area contributed by atoms with E-state index in [4.69, 9.17) is 0 Å². The second kappa shape index (κ2) is 6.71. The van der Waals surface area contributed by atoms with E-state index in [1.807, 2.05) is 42.5 Å². The van der Waals surface area contributed by atoms with Gasteiger partial charge in [0.15, 0.2) is 0 Å². The van der Waals surface area contributed by atoms with Crippen LogP contribution in [0.4, 0.5) is 5.69 Å². The summed E-state index contributed by atoms with van der Waals surface area (Å²) in [6.45, 7) is 3.81. The summed E-state index contributed by atoms with van der Waals surface area (Å²) in [7, 11) is 0. The van der Waals surface area contributed by atoms with Crippen LogP contribution in [0.5, 0.6) is 0 Å². The number of nitrogens with one attached hydrogen (secondary N) is 2. The van der Waals surface area contributed by atoms with Crippen LogP contribution < -0.4 is 10.6 Å². The van der Waals surface area contributed by atoms with Gasteiger partial charge in [0.25, 0.3) is 5.91 Å². The lowest BCUT2D eigenvalue weighted by atomic mass is 10.1. The highest BCUT2D eigenvalue weighted by atomic mass is 16.1. The molecule has 0 heterocycles. The Morgan fingerprint density at radius 1 is 1.05 bits per heavy atom. The third-order valence-corrected chi connectivity index (χ3v) is 2.80. The van der Waals surface area contributed by atoms with Gasteiger partial charge in [-0.15, -0.1) is 0 Å². The quantitative estimate of drug-likeness (QED) is 0.861. The molecule has 0 aliphatic carbocycles. The van der Waals surface area contributed by atoms with Crippen molar-refractivity contribution in [3.05, 3.63) is 65.7 Å². The van der Waals surface area contributed by atoms with Crippen LogP contribution >= 0.6 is 0 Å². The molecular formula is C16H18N2O. The Hall–Kier alpha value is -2.13. The molecule has 0 atom stereocenters. The topological polar surface area (TPSA) is 41.1 Å². The van der Waals surface area contributed by atoms with Gasteiger partial charge in [0.1, 0.15) is 0 Å². The lowest BCUT2D eigenvalue weighted by Gasteiger charge is -2.08. The van der Waals surface area contributed by atoms with Crippen molar-refractivity contribution in [3.8, 4) is 0 Å². The number of amides is 1. The molecule has 0 fully saturated rings. The van der Waals surface area contributed by atoms with E-state index < -0.39 is 0 Å². The molecule has 2 N–H and O–H groups in total. The molecule has 19 heavy (non-hydrogen) atoms. The Bertz CT molecular complexity index is 537. The zero-order valence-electron chi connectivity index (χ0n) is 11.0. The standard InChI is InChI=1S/C16H18N2O/c1-2-17-12-13-7-6-10-15(11-13)18-16(19)14-8-4-3-5-9-14/h3-11,17H,2,12H2,1H3,(H,18,19). The first-order valence-corrected chi connectivity index (χ1v) is 6.45. The molecule has 2 aromatic rings. The first-order valence-electron chi connectivity index (χ1n) is 6.45. The Balaban J connectivity index is 2.05. The van der Waals surface area contributed by atoms with Gasteiger partial charge in [-0.3, -0.25) is 4.79 Å². The smallest absolute Gasteiger partial charge is 0.255 e. The normalized spacial score (nSPS) is 10.2. The fraction of sp³-hybridized carbons (Fsp3) is 0.188. The monoisotopic (exact) mass is 254 g/mol. The van der Waals surface area contributed by atoms with Crippen LogP contribution in [0.15, 0.2) is 54.6 Å². The first-order chi connectivity index (χ1) is 9.29. The molecule has 2 aromatic carbocycles. The number of benzene rings is 2. The van der Waals surface area contributed by atoms with Crippen LogP contribution in [0.25, 0.3) is 0 Å². The van der Waals surface area contributed by atoms with E-state index in [0.717, 1.165) is 24.3 Å². The molecule has 3 nitrogen and oxygen atoms in total. The van der Waals surface area contributed by atoms with E-state index in [2.05, 4.69) is 17.6 Å². The molecular weight excluding hydrogens is 236 g/mol. The molecule has 0 aromatic heterocycles. The minimum atomic E-state index is -0.0822. The number of carbonyl (C=O) groups is 1. The third kappa shape index (κ3) is 3.93. The summed E-state index contributed by atoms with van der Waals surface area (Å²) in [6.07, 6.45) is 0. The van der Waals surface area contributed by atoms with Crippen molar-refractivity contribution < 1.29 is 4.79 Å². The summed E-state index contributed by atoms with van der Waals surface area (Å²) in [4.78, 5) is 12.0. The SMILES string of the molecule is CCNCc1cccc(NC(=O)c2ccccc2)c1. The Kier molecular flexibility index (Phi) is 4.70. The zero-order valence-corrected chi connectivity index (χ0v) is 11.0. The summed E-state index contributed by atoms with van der Waals surface area (Å²) in [5.74, 6) is -0.0822. The van der Waals surface area contributed by atoms with Gasteiger partial charge in [-0.05, 0) is 36.4 Å². The highest BCUT2D eigenvalue weighted by Gasteiger charge is 2.05. The first kappa shape index (κ1) is 13.3. The summed E-state index contributed by atoms with van der Waals surface area (Å²) in [5, 5.41) is 6.17.